The Hall–Kier alpha value is -3.68. The van der Waals surface area contributed by atoms with Gasteiger partial charge in [0.25, 0.3) is 0 Å². The Balaban J connectivity index is 0.921. The quantitative estimate of drug-likeness (QED) is 0.616. The molecule has 40 heavy (non-hydrogen) atoms. The van der Waals surface area contributed by atoms with Crippen LogP contribution in [0.5, 0.6) is 0 Å². The first kappa shape index (κ1) is 22.1. The summed E-state index contributed by atoms with van der Waals surface area (Å²) >= 11 is 0. The van der Waals surface area contributed by atoms with Crippen LogP contribution in [0.1, 0.15) is 75.8 Å². The third kappa shape index (κ3) is 1.96. The number of rotatable bonds is 2. The van der Waals surface area contributed by atoms with Crippen LogP contribution in [0.4, 0.5) is 0 Å². The summed E-state index contributed by atoms with van der Waals surface area (Å²) in [6.45, 7) is 7.62. The highest BCUT2D eigenvalue weighted by molar-refractivity contribution is 6.10. The van der Waals surface area contributed by atoms with E-state index in [-0.39, 0.29) is 34.2 Å². The van der Waals surface area contributed by atoms with Crippen molar-refractivity contribution in [2.24, 2.45) is 28.6 Å². The highest BCUT2D eigenvalue weighted by Gasteiger charge is 2.80. The van der Waals surface area contributed by atoms with Crippen molar-refractivity contribution in [2.45, 2.75) is 57.3 Å². The smallest absolute Gasteiger partial charge is 0.233 e. The number of aromatic nitrogens is 2. The molecular formula is C32H30N4O4. The molecule has 2 N–H and O–H groups in total. The van der Waals surface area contributed by atoms with E-state index in [1.807, 2.05) is 36.0 Å². The molecule has 11 rings (SSSR count). The van der Waals surface area contributed by atoms with Crippen molar-refractivity contribution >= 4 is 23.4 Å². The summed E-state index contributed by atoms with van der Waals surface area (Å²) in [5.41, 5.74) is 6.04. The normalized spacial score (nSPS) is 41.9. The zero-order chi connectivity index (χ0) is 27.3. The number of nitrogens with zero attached hydrogens (tertiary/aromatic N) is 2. The molecule has 5 atom stereocenters. The molecule has 202 valence electrons. The highest BCUT2D eigenvalue weighted by Crippen LogP contribution is 2.78. The lowest BCUT2D eigenvalue weighted by atomic mass is 9.34. The minimum atomic E-state index is -0.504. The molecule has 2 aromatic heterocycles. The van der Waals surface area contributed by atoms with Gasteiger partial charge in [-0.15, -0.1) is 0 Å². The van der Waals surface area contributed by atoms with Crippen molar-refractivity contribution in [2.75, 3.05) is 13.1 Å². The van der Waals surface area contributed by atoms with Gasteiger partial charge in [0.1, 0.15) is 0 Å². The predicted molar refractivity (Wildman–Crippen MR) is 142 cm³/mol. The average molecular weight is 535 g/mol. The maximum absolute atomic E-state index is 14.1. The Morgan fingerprint density at radius 2 is 1.38 bits per heavy atom. The molecule has 2 amide bonds. The summed E-state index contributed by atoms with van der Waals surface area (Å²) in [5, 5.41) is 0. The third-order valence-electron chi connectivity index (χ3n) is 12.6. The molecule has 0 aromatic carbocycles. The zero-order valence-corrected chi connectivity index (χ0v) is 22.8. The first-order valence-electron chi connectivity index (χ1n) is 14.6. The van der Waals surface area contributed by atoms with Gasteiger partial charge in [-0.1, -0.05) is 6.92 Å². The van der Waals surface area contributed by atoms with Crippen LogP contribution in [-0.4, -0.2) is 56.2 Å². The second-order valence-electron chi connectivity index (χ2n) is 14.3. The fourth-order valence-electron chi connectivity index (χ4n) is 10.8. The highest BCUT2D eigenvalue weighted by atomic mass is 16.2. The van der Waals surface area contributed by atoms with Gasteiger partial charge < -0.3 is 19.8 Å². The number of fused-ring (bicyclic) bond motifs is 2. The van der Waals surface area contributed by atoms with Crippen molar-refractivity contribution in [1.29, 1.82) is 0 Å². The van der Waals surface area contributed by atoms with Crippen molar-refractivity contribution in [3.8, 4) is 0 Å². The number of piperidine rings is 2. The Bertz CT molecular complexity index is 1770. The van der Waals surface area contributed by atoms with Gasteiger partial charge in [-0.2, -0.15) is 0 Å². The molecule has 7 fully saturated rings. The molecular weight excluding hydrogens is 504 g/mol. The number of hydrogen-bond acceptors (Lipinski definition) is 4. The number of H-pyrrole nitrogens is 2. The number of carbonyl (C=O) groups is 4. The van der Waals surface area contributed by atoms with E-state index >= 15 is 0 Å². The number of nitrogens with one attached hydrogen (secondary N) is 2. The molecule has 2 spiro atoms. The van der Waals surface area contributed by atoms with E-state index in [9.17, 15) is 19.2 Å². The molecule has 7 aliphatic carbocycles. The summed E-state index contributed by atoms with van der Waals surface area (Å²) < 4.78 is 0. The summed E-state index contributed by atoms with van der Waals surface area (Å²) in [5.74, 6) is 1.18. The van der Waals surface area contributed by atoms with Gasteiger partial charge in [-0.25, -0.2) is 0 Å². The van der Waals surface area contributed by atoms with Crippen LogP contribution in [0.15, 0.2) is 35.9 Å². The lowest BCUT2D eigenvalue weighted by molar-refractivity contribution is -0.219. The molecule has 2 saturated heterocycles. The number of aromatic amines is 2. The fraction of sp³-hybridized carbons (Fsp3) is 0.500. The summed E-state index contributed by atoms with van der Waals surface area (Å²) in [4.78, 5) is 64.2. The number of carbonyl (C=O) groups excluding carboxylic acids is 4. The van der Waals surface area contributed by atoms with Crippen LogP contribution in [-0.2, 0) is 20.4 Å². The van der Waals surface area contributed by atoms with Crippen LogP contribution >= 0.6 is 0 Å². The molecule has 5 saturated carbocycles. The number of aryl methyl sites for hydroxylation is 2. The van der Waals surface area contributed by atoms with Crippen molar-refractivity contribution in [1.82, 2.24) is 19.8 Å². The number of ketones is 2. The summed E-state index contributed by atoms with van der Waals surface area (Å²) in [6.07, 6.45) is 9.91. The maximum Gasteiger partial charge on any atom is 0.233 e. The van der Waals surface area contributed by atoms with E-state index in [0.717, 1.165) is 40.1 Å². The standard InChI is InChI=1S/C32H30N4O4/c1-14-7-33-25-19(37)4-21-31(23(14)25)6-17(31)9-35(21)27(39)29-11-30(12-29,13-29)28(40)36-10-18-16(3)32(18)22(36)5-20(38)26-24(32)15(2)8-34-26/h4-5,7-8,16-18,33-34H,6,9-13H2,1-3H3/t16-,17-,18+,29?,30?,31+,32+/m1/s1. The molecule has 9 aliphatic rings. The largest absolute Gasteiger partial charge is 0.358 e. The Kier molecular flexibility index (Phi) is 3.30. The number of likely N-dealkylation sites (tertiary alicyclic amines) is 2. The van der Waals surface area contributed by atoms with E-state index in [2.05, 4.69) is 16.9 Å². The molecule has 8 heteroatoms. The molecule has 0 radical (unpaired) electrons. The Labute approximate surface area is 230 Å². The summed E-state index contributed by atoms with van der Waals surface area (Å²) in [7, 11) is 0. The first-order chi connectivity index (χ1) is 19.1. The van der Waals surface area contributed by atoms with E-state index in [4.69, 9.17) is 0 Å². The molecule has 8 nitrogen and oxygen atoms in total. The topological polar surface area (TPSA) is 106 Å². The molecule has 4 heterocycles. The molecule has 2 aromatic rings. The number of amides is 2. The van der Waals surface area contributed by atoms with Gasteiger partial charge in [0.2, 0.25) is 23.4 Å². The van der Waals surface area contributed by atoms with Crippen molar-refractivity contribution in [3.63, 3.8) is 0 Å². The van der Waals surface area contributed by atoms with Crippen LogP contribution < -0.4 is 0 Å². The SMILES string of the molecule is Cc1c[nH]c2c1[C@]13C(=CC2=O)N(C(=O)C24CC(C(=O)N5C[C@H]6C[C@@]67C5=CC(=O)c5[nH]cc(C)c57)(C2)C4)C[C@H]1[C@H]3C. The molecule has 2 aliphatic heterocycles. The first-order valence-corrected chi connectivity index (χ1v) is 14.6. The minimum absolute atomic E-state index is 0.0507. The fourth-order valence-corrected chi connectivity index (χ4v) is 10.8. The van der Waals surface area contributed by atoms with Gasteiger partial charge in [-0.05, 0) is 79.5 Å². The van der Waals surface area contributed by atoms with Crippen LogP contribution in [0.25, 0.3) is 0 Å². The number of hydrogen-bond donors (Lipinski definition) is 2. The molecule has 2 bridgehead atoms. The summed E-state index contributed by atoms with van der Waals surface area (Å²) in [6, 6.07) is 0. The monoisotopic (exact) mass is 534 g/mol. The lowest BCUT2D eigenvalue weighted by Gasteiger charge is -2.69. The average Bonchev–Trinajstić information content (AvgIpc) is 3.30. The Morgan fingerprint density at radius 3 is 2.02 bits per heavy atom. The predicted octanol–water partition coefficient (Wildman–Crippen LogP) is 3.44. The van der Waals surface area contributed by atoms with Crippen LogP contribution in [0.3, 0.4) is 0 Å². The van der Waals surface area contributed by atoms with Gasteiger partial charge in [-0.3, -0.25) is 19.2 Å². The van der Waals surface area contributed by atoms with Gasteiger partial charge in [0.05, 0.1) is 22.2 Å². The number of allylic oxidation sites excluding steroid dienone is 4. The third-order valence-corrected chi connectivity index (χ3v) is 12.6. The van der Waals surface area contributed by atoms with Crippen LogP contribution in [0.2, 0.25) is 0 Å². The van der Waals surface area contributed by atoms with Gasteiger partial charge >= 0.3 is 0 Å². The van der Waals surface area contributed by atoms with E-state index < -0.39 is 10.8 Å². The van der Waals surface area contributed by atoms with Crippen molar-refractivity contribution in [3.05, 3.63) is 69.6 Å². The minimum Gasteiger partial charge on any atom is -0.358 e. The molecule has 0 unspecified atom stereocenters. The van der Waals surface area contributed by atoms with Gasteiger partial charge in [0, 0.05) is 59.9 Å². The van der Waals surface area contributed by atoms with E-state index in [0.29, 0.717) is 61.5 Å². The second kappa shape index (κ2) is 5.99. The van der Waals surface area contributed by atoms with Gasteiger partial charge in [0.15, 0.2) is 0 Å². The Morgan fingerprint density at radius 1 is 0.825 bits per heavy atom. The van der Waals surface area contributed by atoms with E-state index in [1.54, 1.807) is 12.2 Å². The van der Waals surface area contributed by atoms with Crippen LogP contribution in [0, 0.1) is 42.4 Å². The maximum atomic E-state index is 14.1. The second-order valence-corrected chi connectivity index (χ2v) is 14.3. The zero-order valence-electron chi connectivity index (χ0n) is 22.8. The van der Waals surface area contributed by atoms with E-state index in [1.165, 1.54) is 0 Å². The van der Waals surface area contributed by atoms with Crippen molar-refractivity contribution < 1.29 is 19.2 Å². The lowest BCUT2D eigenvalue weighted by Crippen LogP contribution is -2.72.